The number of carbonyl (C=O) groups is 1. The third-order valence-electron chi connectivity index (χ3n) is 3.47. The van der Waals surface area contributed by atoms with Crippen LogP contribution in [0.4, 0.5) is 11.4 Å². The molecule has 112 valence electrons. The van der Waals surface area contributed by atoms with Crippen LogP contribution in [0.2, 0.25) is 0 Å². The van der Waals surface area contributed by atoms with Crippen LogP contribution in [0.15, 0.2) is 48.2 Å². The highest BCUT2D eigenvalue weighted by molar-refractivity contribution is 6.09. The van der Waals surface area contributed by atoms with Crippen molar-refractivity contribution < 1.29 is 14.3 Å². The van der Waals surface area contributed by atoms with Crippen LogP contribution >= 0.6 is 0 Å². The first-order chi connectivity index (χ1) is 10.6. The quantitative estimate of drug-likeness (QED) is 0.683. The van der Waals surface area contributed by atoms with Crippen molar-refractivity contribution in [1.82, 2.24) is 0 Å². The predicted molar refractivity (Wildman–Crippen MR) is 85.9 cm³/mol. The summed E-state index contributed by atoms with van der Waals surface area (Å²) in [5.41, 5.74) is 7.83. The number of benzene rings is 2. The average Bonchev–Trinajstić information content (AvgIpc) is 2.53. The van der Waals surface area contributed by atoms with Gasteiger partial charge in [-0.25, -0.2) is 0 Å². The van der Waals surface area contributed by atoms with Crippen molar-refractivity contribution in [1.29, 1.82) is 0 Å². The van der Waals surface area contributed by atoms with Crippen LogP contribution in [-0.2, 0) is 4.79 Å². The molecule has 0 aliphatic carbocycles. The average molecular weight is 296 g/mol. The molecular formula is C17H16N2O3. The lowest BCUT2D eigenvalue weighted by Gasteiger charge is -2.27. The lowest BCUT2D eigenvalue weighted by molar-refractivity contribution is -0.117. The number of hydrogen-bond acceptors (Lipinski definition) is 4. The Labute approximate surface area is 128 Å². The predicted octanol–water partition coefficient (Wildman–Crippen LogP) is 2.67. The molecule has 1 aliphatic heterocycles. The van der Waals surface area contributed by atoms with Crippen LogP contribution in [0, 0.1) is 0 Å². The van der Waals surface area contributed by atoms with Crippen molar-refractivity contribution in [2.45, 2.75) is 0 Å². The van der Waals surface area contributed by atoms with Gasteiger partial charge in [-0.3, -0.25) is 4.79 Å². The maximum absolute atomic E-state index is 12.4. The van der Waals surface area contributed by atoms with Crippen LogP contribution < -0.4 is 20.1 Å². The second-order valence-electron chi connectivity index (χ2n) is 4.98. The highest BCUT2D eigenvalue weighted by Crippen LogP contribution is 2.36. The largest absolute Gasteiger partial charge is 0.497 e. The molecule has 2 aromatic carbocycles. The van der Waals surface area contributed by atoms with E-state index < -0.39 is 0 Å². The van der Waals surface area contributed by atoms with E-state index in [1.807, 2.05) is 24.3 Å². The fourth-order valence-corrected chi connectivity index (χ4v) is 2.29. The van der Waals surface area contributed by atoms with Crippen molar-refractivity contribution in [3.8, 4) is 11.5 Å². The van der Waals surface area contributed by atoms with Gasteiger partial charge in [0.2, 0.25) is 0 Å². The normalized spacial score (nSPS) is 15.5. The molecule has 3 rings (SSSR count). The number of nitrogen functional groups attached to an aromatic ring is 1. The van der Waals surface area contributed by atoms with E-state index in [4.69, 9.17) is 15.2 Å². The zero-order valence-corrected chi connectivity index (χ0v) is 12.4. The number of carbonyl (C=O) groups excluding carboxylic acids is 1. The zero-order valence-electron chi connectivity index (χ0n) is 12.4. The van der Waals surface area contributed by atoms with E-state index in [9.17, 15) is 4.79 Å². The molecule has 5 heteroatoms. The van der Waals surface area contributed by atoms with Gasteiger partial charge in [-0.2, -0.15) is 0 Å². The number of ether oxygens (including phenoxy) is 2. The summed E-state index contributed by atoms with van der Waals surface area (Å²) >= 11 is 0. The van der Waals surface area contributed by atoms with Crippen LogP contribution in [0.3, 0.4) is 0 Å². The summed E-state index contributed by atoms with van der Waals surface area (Å²) in [4.78, 5) is 13.9. The Bertz CT molecular complexity index is 768. The van der Waals surface area contributed by atoms with Gasteiger partial charge >= 0.3 is 0 Å². The molecule has 2 N–H and O–H groups in total. The second-order valence-corrected chi connectivity index (χ2v) is 4.98. The number of rotatable bonds is 2. The minimum atomic E-state index is -0.221. The summed E-state index contributed by atoms with van der Waals surface area (Å²) in [6.45, 7) is 0. The molecule has 0 bridgehead atoms. The second kappa shape index (κ2) is 5.44. The standard InChI is InChI=1S/C17H16N2O3/c1-19-14-10-12(18)6-7-15(14)22-16(17(19)20)9-11-4-3-5-13(8-11)21-2/h3-10H,18H2,1-2H3/b16-9+. The van der Waals surface area contributed by atoms with Crippen LogP contribution in [-0.4, -0.2) is 20.1 Å². The molecule has 0 atom stereocenters. The van der Waals surface area contributed by atoms with Gasteiger partial charge in [0.05, 0.1) is 12.8 Å². The molecule has 0 spiro atoms. The van der Waals surface area contributed by atoms with Gasteiger partial charge < -0.3 is 20.1 Å². The number of anilines is 2. The molecule has 0 fully saturated rings. The maximum atomic E-state index is 12.4. The molecule has 0 saturated carbocycles. The molecule has 0 radical (unpaired) electrons. The fourth-order valence-electron chi connectivity index (χ4n) is 2.29. The van der Waals surface area contributed by atoms with E-state index in [-0.39, 0.29) is 11.7 Å². The summed E-state index contributed by atoms with van der Waals surface area (Å²) in [7, 11) is 3.30. The number of methoxy groups -OCH3 is 1. The Morgan fingerprint density at radius 1 is 1.23 bits per heavy atom. The molecule has 5 nitrogen and oxygen atoms in total. The van der Waals surface area contributed by atoms with Crippen LogP contribution in [0.1, 0.15) is 5.56 Å². The molecule has 2 aromatic rings. The molecular weight excluding hydrogens is 280 g/mol. The molecule has 1 heterocycles. The zero-order chi connectivity index (χ0) is 15.7. The van der Waals surface area contributed by atoms with Gasteiger partial charge in [0.15, 0.2) is 11.5 Å². The highest BCUT2D eigenvalue weighted by Gasteiger charge is 2.27. The Kier molecular flexibility index (Phi) is 3.47. The van der Waals surface area contributed by atoms with Crippen molar-refractivity contribution in [3.05, 3.63) is 53.8 Å². The van der Waals surface area contributed by atoms with E-state index in [2.05, 4.69) is 0 Å². The van der Waals surface area contributed by atoms with Crippen LogP contribution in [0.25, 0.3) is 6.08 Å². The lowest BCUT2D eigenvalue weighted by atomic mass is 10.1. The summed E-state index contributed by atoms with van der Waals surface area (Å²) in [5, 5.41) is 0. The van der Waals surface area contributed by atoms with E-state index in [0.29, 0.717) is 17.1 Å². The number of amides is 1. The number of nitrogens with zero attached hydrogens (tertiary/aromatic N) is 1. The Morgan fingerprint density at radius 3 is 2.82 bits per heavy atom. The number of likely N-dealkylation sites (N-methyl/N-ethyl adjacent to an activating group) is 1. The molecule has 0 aromatic heterocycles. The van der Waals surface area contributed by atoms with E-state index in [1.165, 1.54) is 4.90 Å². The summed E-state index contributed by atoms with van der Waals surface area (Å²) in [6, 6.07) is 12.6. The van der Waals surface area contributed by atoms with Crippen molar-refractivity contribution in [3.63, 3.8) is 0 Å². The Balaban J connectivity index is 2.00. The topological polar surface area (TPSA) is 64.8 Å². The number of nitrogens with two attached hydrogens (primary N) is 1. The van der Waals surface area contributed by atoms with Gasteiger partial charge in [0, 0.05) is 12.7 Å². The maximum Gasteiger partial charge on any atom is 0.293 e. The smallest absolute Gasteiger partial charge is 0.293 e. The first kappa shape index (κ1) is 14.0. The minimum absolute atomic E-state index is 0.221. The number of fused-ring (bicyclic) bond motifs is 1. The molecule has 1 amide bonds. The third kappa shape index (κ3) is 2.48. The van der Waals surface area contributed by atoms with Gasteiger partial charge in [0.25, 0.3) is 5.91 Å². The lowest BCUT2D eigenvalue weighted by Crippen LogP contribution is -2.33. The first-order valence-corrected chi connectivity index (χ1v) is 6.79. The SMILES string of the molecule is COc1cccc(/C=C2/Oc3ccc(N)cc3N(C)C2=O)c1. The summed E-state index contributed by atoms with van der Waals surface area (Å²) < 4.78 is 10.9. The summed E-state index contributed by atoms with van der Waals surface area (Å²) in [6.07, 6.45) is 1.70. The van der Waals surface area contributed by atoms with Crippen LogP contribution in [0.5, 0.6) is 11.5 Å². The minimum Gasteiger partial charge on any atom is -0.497 e. The molecule has 0 saturated heterocycles. The molecule has 1 aliphatic rings. The number of hydrogen-bond donors (Lipinski definition) is 1. The van der Waals surface area contributed by atoms with Crippen molar-refractivity contribution in [2.24, 2.45) is 0 Å². The monoisotopic (exact) mass is 296 g/mol. The van der Waals surface area contributed by atoms with Crippen molar-refractivity contribution >= 4 is 23.4 Å². The summed E-state index contributed by atoms with van der Waals surface area (Å²) in [5.74, 6) is 1.36. The van der Waals surface area contributed by atoms with Gasteiger partial charge in [-0.05, 0) is 42.0 Å². The van der Waals surface area contributed by atoms with Gasteiger partial charge in [0.1, 0.15) is 5.75 Å². The Morgan fingerprint density at radius 2 is 2.05 bits per heavy atom. The first-order valence-electron chi connectivity index (χ1n) is 6.79. The van der Waals surface area contributed by atoms with E-state index in [0.717, 1.165) is 11.3 Å². The Hall–Kier alpha value is -2.95. The highest BCUT2D eigenvalue weighted by atomic mass is 16.5. The van der Waals surface area contributed by atoms with Gasteiger partial charge in [-0.15, -0.1) is 0 Å². The van der Waals surface area contributed by atoms with Gasteiger partial charge in [-0.1, -0.05) is 12.1 Å². The molecule has 22 heavy (non-hydrogen) atoms. The van der Waals surface area contributed by atoms with E-state index >= 15 is 0 Å². The van der Waals surface area contributed by atoms with Crippen molar-refractivity contribution in [2.75, 3.05) is 24.8 Å². The molecule has 0 unspecified atom stereocenters. The van der Waals surface area contributed by atoms with E-state index in [1.54, 1.807) is 38.4 Å². The third-order valence-corrected chi connectivity index (χ3v) is 3.47. The fraction of sp³-hybridized carbons (Fsp3) is 0.118.